The number of halogens is 1. The van der Waals surface area contributed by atoms with E-state index in [0.29, 0.717) is 6.61 Å². The third-order valence-corrected chi connectivity index (χ3v) is 6.39. The lowest BCUT2D eigenvalue weighted by molar-refractivity contribution is 0.187. The van der Waals surface area contributed by atoms with Crippen molar-refractivity contribution in [1.82, 2.24) is 4.90 Å². The zero-order valence-corrected chi connectivity index (χ0v) is 18.9. The van der Waals surface area contributed by atoms with Crippen LogP contribution < -0.4 is 4.74 Å². The minimum absolute atomic E-state index is 0.602. The molecule has 0 spiro atoms. The smallest absolute Gasteiger partial charge is 0.119 e. The van der Waals surface area contributed by atoms with E-state index in [0.717, 1.165) is 36.3 Å². The van der Waals surface area contributed by atoms with Gasteiger partial charge in [-0.1, -0.05) is 85.5 Å². The Hall–Kier alpha value is -2.29. The third-order valence-electron chi connectivity index (χ3n) is 6.14. The Balaban J connectivity index is 1.38. The van der Waals surface area contributed by atoms with Crippen LogP contribution in [0.15, 0.2) is 78.9 Å². The second-order valence-corrected chi connectivity index (χ2v) is 9.15. The van der Waals surface area contributed by atoms with Gasteiger partial charge in [0.15, 0.2) is 0 Å². The highest BCUT2D eigenvalue weighted by atomic mass is 35.5. The summed E-state index contributed by atoms with van der Waals surface area (Å²) in [5.74, 6) is 1.73. The fourth-order valence-electron chi connectivity index (χ4n) is 4.46. The number of nitrogens with zero attached hydrogens (tertiary/aromatic N) is 1. The van der Waals surface area contributed by atoms with Crippen molar-refractivity contribution in [3.05, 3.63) is 101 Å². The first-order valence-corrected chi connectivity index (χ1v) is 11.8. The minimum atomic E-state index is 0.602. The molecule has 31 heavy (non-hydrogen) atoms. The van der Waals surface area contributed by atoms with E-state index < -0.39 is 0 Å². The number of benzene rings is 3. The first-order valence-electron chi connectivity index (χ1n) is 11.5. The fraction of sp³-hybridized carbons (Fsp3) is 0.357. The van der Waals surface area contributed by atoms with Gasteiger partial charge in [-0.05, 0) is 59.7 Å². The predicted molar refractivity (Wildman–Crippen MR) is 129 cm³/mol. The van der Waals surface area contributed by atoms with Crippen LogP contribution in [0.25, 0.3) is 0 Å². The molecule has 1 fully saturated rings. The molecule has 2 nitrogen and oxygen atoms in total. The van der Waals surface area contributed by atoms with Crippen LogP contribution in [0.2, 0.25) is 5.02 Å². The molecule has 0 aliphatic heterocycles. The molecule has 4 rings (SSSR count). The molecule has 0 bridgehead atoms. The second kappa shape index (κ2) is 11.4. The largest absolute Gasteiger partial charge is 0.489 e. The number of ether oxygens (including phenoxy) is 1. The summed E-state index contributed by atoms with van der Waals surface area (Å²) >= 11 is 6.09. The van der Waals surface area contributed by atoms with E-state index >= 15 is 0 Å². The molecule has 0 unspecified atom stereocenters. The van der Waals surface area contributed by atoms with Gasteiger partial charge in [0.2, 0.25) is 0 Å². The predicted octanol–water partition coefficient (Wildman–Crippen LogP) is 7.50. The summed E-state index contributed by atoms with van der Waals surface area (Å²) in [6, 6.07) is 27.2. The summed E-state index contributed by atoms with van der Waals surface area (Å²) in [6.45, 7) is 3.68. The van der Waals surface area contributed by atoms with E-state index in [1.54, 1.807) is 0 Å². The van der Waals surface area contributed by atoms with Crippen LogP contribution in [0.1, 0.15) is 48.8 Å². The topological polar surface area (TPSA) is 12.5 Å². The Bertz CT molecular complexity index is 902. The molecule has 0 amide bonds. The van der Waals surface area contributed by atoms with Crippen molar-refractivity contribution < 1.29 is 4.74 Å². The molecule has 3 aromatic carbocycles. The van der Waals surface area contributed by atoms with E-state index in [1.807, 2.05) is 30.3 Å². The number of hydrogen-bond acceptors (Lipinski definition) is 2. The van der Waals surface area contributed by atoms with Gasteiger partial charge in [0.05, 0.1) is 0 Å². The van der Waals surface area contributed by atoms with E-state index in [-0.39, 0.29) is 0 Å². The van der Waals surface area contributed by atoms with E-state index in [1.165, 1.54) is 48.8 Å². The first-order chi connectivity index (χ1) is 15.2. The maximum absolute atomic E-state index is 6.09. The highest BCUT2D eigenvalue weighted by Gasteiger charge is 2.18. The molecular formula is C28H32ClNO. The van der Waals surface area contributed by atoms with Gasteiger partial charge in [-0.3, -0.25) is 4.90 Å². The van der Waals surface area contributed by atoms with Gasteiger partial charge >= 0.3 is 0 Å². The number of hydrogen-bond donors (Lipinski definition) is 0. The normalized spacial score (nSPS) is 14.6. The lowest BCUT2D eigenvalue weighted by Gasteiger charge is -2.30. The lowest BCUT2D eigenvalue weighted by Crippen LogP contribution is -2.30. The van der Waals surface area contributed by atoms with Gasteiger partial charge in [0, 0.05) is 24.7 Å². The highest BCUT2D eigenvalue weighted by Crippen LogP contribution is 2.26. The second-order valence-electron chi connectivity index (χ2n) is 8.72. The van der Waals surface area contributed by atoms with Crippen molar-refractivity contribution in [2.24, 2.45) is 5.92 Å². The monoisotopic (exact) mass is 433 g/mol. The minimum Gasteiger partial charge on any atom is -0.489 e. The summed E-state index contributed by atoms with van der Waals surface area (Å²) < 4.78 is 5.95. The lowest BCUT2D eigenvalue weighted by atomic mass is 9.88. The zero-order valence-electron chi connectivity index (χ0n) is 18.2. The van der Waals surface area contributed by atoms with Crippen LogP contribution >= 0.6 is 11.6 Å². The Kier molecular flexibility index (Phi) is 8.04. The summed E-state index contributed by atoms with van der Waals surface area (Å²) in [4.78, 5) is 2.60. The van der Waals surface area contributed by atoms with Crippen molar-refractivity contribution >= 4 is 11.6 Å². The van der Waals surface area contributed by atoms with Crippen molar-refractivity contribution in [2.45, 2.75) is 51.8 Å². The molecule has 3 heteroatoms. The van der Waals surface area contributed by atoms with Gasteiger partial charge < -0.3 is 4.74 Å². The van der Waals surface area contributed by atoms with E-state index in [4.69, 9.17) is 16.3 Å². The SMILES string of the molecule is Clc1ccc(CN(Cc2ccc(OCc3ccccc3)cc2)CC2CCCCC2)cc1. The van der Waals surface area contributed by atoms with Crippen molar-refractivity contribution in [3.63, 3.8) is 0 Å². The quantitative estimate of drug-likeness (QED) is 0.346. The van der Waals surface area contributed by atoms with Crippen molar-refractivity contribution in [3.8, 4) is 5.75 Å². The molecule has 0 atom stereocenters. The van der Waals surface area contributed by atoms with Crippen LogP contribution in [0, 0.1) is 5.92 Å². The Morgan fingerprint density at radius 2 is 1.32 bits per heavy atom. The van der Waals surface area contributed by atoms with Crippen LogP contribution in [-0.2, 0) is 19.7 Å². The zero-order chi connectivity index (χ0) is 21.3. The molecule has 0 aromatic heterocycles. The van der Waals surface area contributed by atoms with Crippen molar-refractivity contribution in [1.29, 1.82) is 0 Å². The average molecular weight is 434 g/mol. The highest BCUT2D eigenvalue weighted by molar-refractivity contribution is 6.30. The summed E-state index contributed by atoms with van der Waals surface area (Å²) in [7, 11) is 0. The fourth-order valence-corrected chi connectivity index (χ4v) is 4.58. The molecular weight excluding hydrogens is 402 g/mol. The van der Waals surface area contributed by atoms with Gasteiger partial charge in [-0.15, -0.1) is 0 Å². The molecule has 1 aliphatic carbocycles. The summed E-state index contributed by atoms with van der Waals surface area (Å²) in [5.41, 5.74) is 3.84. The van der Waals surface area contributed by atoms with Gasteiger partial charge in [-0.2, -0.15) is 0 Å². The maximum Gasteiger partial charge on any atom is 0.119 e. The molecule has 162 valence electrons. The molecule has 0 saturated heterocycles. The first kappa shape index (κ1) is 21.9. The summed E-state index contributed by atoms with van der Waals surface area (Å²) in [6.07, 6.45) is 6.89. The molecule has 1 aliphatic rings. The van der Waals surface area contributed by atoms with Crippen molar-refractivity contribution in [2.75, 3.05) is 6.54 Å². The Labute approximate surface area is 191 Å². The van der Waals surface area contributed by atoms with Gasteiger partial charge in [0.1, 0.15) is 12.4 Å². The average Bonchev–Trinajstić information content (AvgIpc) is 2.81. The van der Waals surface area contributed by atoms with Crippen LogP contribution in [0.5, 0.6) is 5.75 Å². The van der Waals surface area contributed by atoms with Gasteiger partial charge in [0.25, 0.3) is 0 Å². The maximum atomic E-state index is 6.09. The Morgan fingerprint density at radius 1 is 0.710 bits per heavy atom. The molecule has 0 N–H and O–H groups in total. The van der Waals surface area contributed by atoms with Crippen LogP contribution in [-0.4, -0.2) is 11.4 Å². The molecule has 0 radical (unpaired) electrons. The Morgan fingerprint density at radius 3 is 1.97 bits per heavy atom. The summed E-state index contributed by atoms with van der Waals surface area (Å²) in [5, 5.41) is 0.800. The molecule has 1 saturated carbocycles. The molecule has 0 heterocycles. The van der Waals surface area contributed by atoms with E-state index in [2.05, 4.69) is 53.4 Å². The van der Waals surface area contributed by atoms with Gasteiger partial charge in [-0.25, -0.2) is 0 Å². The molecule has 3 aromatic rings. The van der Waals surface area contributed by atoms with Crippen LogP contribution in [0.3, 0.4) is 0 Å². The third kappa shape index (κ3) is 7.12. The standard InChI is InChI=1S/C28H32ClNO/c29-27-15-11-24(12-16-27)20-30(19-23-7-3-1-4-8-23)21-25-13-17-28(18-14-25)31-22-26-9-5-2-6-10-26/h2,5-6,9-18,23H,1,3-4,7-8,19-22H2. The van der Waals surface area contributed by atoms with E-state index in [9.17, 15) is 0 Å². The van der Waals surface area contributed by atoms with Crippen LogP contribution in [0.4, 0.5) is 0 Å². The number of rotatable bonds is 9.